The SMILES string of the molecule is Cn1cnnc1-c1ccc(NC2CCN3CCC2C3)cc1. The molecule has 2 saturated heterocycles. The highest BCUT2D eigenvalue weighted by Gasteiger charge is 2.33. The Labute approximate surface area is 125 Å². The van der Waals surface area contributed by atoms with E-state index in [1.807, 2.05) is 11.6 Å². The largest absolute Gasteiger partial charge is 0.382 e. The maximum absolute atomic E-state index is 4.15. The highest BCUT2D eigenvalue weighted by molar-refractivity contribution is 5.60. The summed E-state index contributed by atoms with van der Waals surface area (Å²) in [7, 11) is 1.97. The predicted molar refractivity (Wildman–Crippen MR) is 83.0 cm³/mol. The maximum Gasteiger partial charge on any atom is 0.163 e. The van der Waals surface area contributed by atoms with Gasteiger partial charge in [0.1, 0.15) is 6.33 Å². The van der Waals surface area contributed by atoms with Gasteiger partial charge in [0, 0.05) is 37.4 Å². The van der Waals surface area contributed by atoms with Crippen LogP contribution in [0.1, 0.15) is 12.8 Å². The summed E-state index contributed by atoms with van der Waals surface area (Å²) >= 11 is 0. The third-order valence-corrected chi connectivity index (χ3v) is 4.84. The Morgan fingerprint density at radius 2 is 1.95 bits per heavy atom. The molecule has 1 aromatic carbocycles. The first-order chi connectivity index (χ1) is 10.3. The Kier molecular flexibility index (Phi) is 3.15. The Bertz CT molecular complexity index is 618. The van der Waals surface area contributed by atoms with Gasteiger partial charge in [-0.2, -0.15) is 0 Å². The lowest BCUT2D eigenvalue weighted by molar-refractivity contribution is 0.255. The number of rotatable bonds is 3. The van der Waals surface area contributed by atoms with E-state index < -0.39 is 0 Å². The van der Waals surface area contributed by atoms with E-state index in [0.29, 0.717) is 6.04 Å². The van der Waals surface area contributed by atoms with Crippen LogP contribution in [0.4, 0.5) is 5.69 Å². The number of nitrogens with zero attached hydrogens (tertiary/aromatic N) is 4. The monoisotopic (exact) mass is 283 g/mol. The number of benzene rings is 1. The standard InChI is InChI=1S/C16H21N5/c1-20-11-17-19-16(20)12-2-4-14(5-3-12)18-15-7-9-21-8-6-13(15)10-21/h2-5,11,13,15,18H,6-10H2,1H3. The lowest BCUT2D eigenvalue weighted by atomic mass is 9.94. The van der Waals surface area contributed by atoms with Crippen molar-refractivity contribution in [3.63, 3.8) is 0 Å². The molecule has 3 heterocycles. The lowest BCUT2D eigenvalue weighted by Crippen LogP contribution is -2.39. The van der Waals surface area contributed by atoms with E-state index in [9.17, 15) is 0 Å². The molecule has 2 aromatic rings. The molecule has 0 aliphatic carbocycles. The molecule has 2 aliphatic rings. The normalized spacial score (nSPS) is 27.8. The van der Waals surface area contributed by atoms with E-state index in [4.69, 9.17) is 0 Å². The van der Waals surface area contributed by atoms with Gasteiger partial charge in [0.25, 0.3) is 0 Å². The predicted octanol–water partition coefficient (Wildman–Crippen LogP) is 1.99. The van der Waals surface area contributed by atoms with Crippen LogP contribution >= 0.6 is 0 Å². The minimum Gasteiger partial charge on any atom is -0.382 e. The van der Waals surface area contributed by atoms with Gasteiger partial charge in [-0.25, -0.2) is 0 Å². The van der Waals surface area contributed by atoms with Gasteiger partial charge in [0.2, 0.25) is 0 Å². The van der Waals surface area contributed by atoms with Crippen molar-refractivity contribution in [2.24, 2.45) is 13.0 Å². The number of hydrogen-bond acceptors (Lipinski definition) is 4. The molecule has 1 aromatic heterocycles. The van der Waals surface area contributed by atoms with E-state index in [1.54, 1.807) is 6.33 Å². The fraction of sp³-hybridized carbons (Fsp3) is 0.500. The van der Waals surface area contributed by atoms with Crippen LogP contribution < -0.4 is 5.32 Å². The molecule has 21 heavy (non-hydrogen) atoms. The van der Waals surface area contributed by atoms with Gasteiger partial charge in [-0.1, -0.05) is 0 Å². The van der Waals surface area contributed by atoms with Crippen molar-refractivity contribution in [2.45, 2.75) is 18.9 Å². The maximum atomic E-state index is 4.15. The topological polar surface area (TPSA) is 46.0 Å². The van der Waals surface area contributed by atoms with Gasteiger partial charge in [0.05, 0.1) is 0 Å². The number of anilines is 1. The summed E-state index contributed by atoms with van der Waals surface area (Å²) in [4.78, 5) is 2.58. The minimum atomic E-state index is 0.629. The van der Waals surface area contributed by atoms with Gasteiger partial charge >= 0.3 is 0 Å². The minimum absolute atomic E-state index is 0.629. The van der Waals surface area contributed by atoms with Crippen molar-refractivity contribution in [3.8, 4) is 11.4 Å². The molecule has 0 saturated carbocycles. The number of fused-ring (bicyclic) bond motifs is 2. The summed E-state index contributed by atoms with van der Waals surface area (Å²) in [6.45, 7) is 3.80. The quantitative estimate of drug-likeness (QED) is 0.936. The van der Waals surface area contributed by atoms with Crippen molar-refractivity contribution in [2.75, 3.05) is 25.0 Å². The molecular weight excluding hydrogens is 262 g/mol. The summed E-state index contributed by atoms with van der Waals surface area (Å²) in [5.41, 5.74) is 2.32. The molecule has 5 heteroatoms. The zero-order valence-electron chi connectivity index (χ0n) is 12.4. The summed E-state index contributed by atoms with van der Waals surface area (Å²) in [5.74, 6) is 1.72. The van der Waals surface area contributed by atoms with E-state index in [2.05, 4.69) is 44.7 Å². The fourth-order valence-electron chi connectivity index (χ4n) is 3.62. The molecule has 0 radical (unpaired) electrons. The molecule has 4 rings (SSSR count). The average molecular weight is 283 g/mol. The number of aromatic nitrogens is 3. The fourth-order valence-corrected chi connectivity index (χ4v) is 3.62. The Morgan fingerprint density at radius 3 is 2.71 bits per heavy atom. The highest BCUT2D eigenvalue weighted by Crippen LogP contribution is 2.29. The highest BCUT2D eigenvalue weighted by atomic mass is 15.2. The molecular formula is C16H21N5. The first-order valence-electron chi connectivity index (χ1n) is 7.73. The molecule has 5 nitrogen and oxygen atoms in total. The first-order valence-corrected chi connectivity index (χ1v) is 7.73. The Balaban J connectivity index is 1.48. The molecule has 3 unspecified atom stereocenters. The van der Waals surface area contributed by atoms with Crippen LogP contribution in [0, 0.1) is 5.92 Å². The van der Waals surface area contributed by atoms with Crippen molar-refractivity contribution in [1.29, 1.82) is 0 Å². The van der Waals surface area contributed by atoms with Crippen LogP contribution in [0.5, 0.6) is 0 Å². The summed E-state index contributed by atoms with van der Waals surface area (Å²) < 4.78 is 1.94. The number of aryl methyl sites for hydroxylation is 1. The third-order valence-electron chi connectivity index (χ3n) is 4.84. The van der Waals surface area contributed by atoms with Crippen LogP contribution in [0.2, 0.25) is 0 Å². The molecule has 3 atom stereocenters. The number of piperidine rings is 1. The summed E-state index contributed by atoms with van der Waals surface area (Å²) in [5, 5.41) is 11.8. The van der Waals surface area contributed by atoms with Gasteiger partial charge in [-0.3, -0.25) is 0 Å². The second-order valence-corrected chi connectivity index (χ2v) is 6.23. The molecule has 2 bridgehead atoms. The van der Waals surface area contributed by atoms with Crippen LogP contribution in [0.25, 0.3) is 11.4 Å². The lowest BCUT2D eigenvalue weighted by Gasteiger charge is -2.31. The van der Waals surface area contributed by atoms with Crippen molar-refractivity contribution >= 4 is 5.69 Å². The molecule has 110 valence electrons. The number of hydrogen-bond donors (Lipinski definition) is 1. The van der Waals surface area contributed by atoms with Crippen LogP contribution in [0.15, 0.2) is 30.6 Å². The Hall–Kier alpha value is -1.88. The second-order valence-electron chi connectivity index (χ2n) is 6.23. The van der Waals surface area contributed by atoms with E-state index in [1.165, 1.54) is 38.2 Å². The van der Waals surface area contributed by atoms with Crippen LogP contribution in [0.3, 0.4) is 0 Å². The van der Waals surface area contributed by atoms with Crippen molar-refractivity contribution in [3.05, 3.63) is 30.6 Å². The second kappa shape index (κ2) is 5.15. The molecule has 0 spiro atoms. The van der Waals surface area contributed by atoms with Gasteiger partial charge in [0.15, 0.2) is 5.82 Å². The van der Waals surface area contributed by atoms with Gasteiger partial charge in [-0.05, 0) is 49.6 Å². The molecule has 2 aliphatic heterocycles. The van der Waals surface area contributed by atoms with Crippen molar-refractivity contribution in [1.82, 2.24) is 19.7 Å². The molecule has 2 fully saturated rings. The van der Waals surface area contributed by atoms with Gasteiger partial charge in [-0.15, -0.1) is 10.2 Å². The van der Waals surface area contributed by atoms with Crippen LogP contribution in [-0.4, -0.2) is 45.3 Å². The van der Waals surface area contributed by atoms with E-state index in [-0.39, 0.29) is 0 Å². The first kappa shape index (κ1) is 12.8. The van der Waals surface area contributed by atoms with E-state index >= 15 is 0 Å². The van der Waals surface area contributed by atoms with E-state index in [0.717, 1.165) is 17.3 Å². The van der Waals surface area contributed by atoms with Gasteiger partial charge < -0.3 is 14.8 Å². The van der Waals surface area contributed by atoms with Crippen molar-refractivity contribution < 1.29 is 0 Å². The summed E-state index contributed by atoms with van der Waals surface area (Å²) in [6.07, 6.45) is 4.33. The molecule has 0 amide bonds. The smallest absolute Gasteiger partial charge is 0.163 e. The zero-order chi connectivity index (χ0) is 14.2. The van der Waals surface area contributed by atoms with Crippen LogP contribution in [-0.2, 0) is 7.05 Å². The summed E-state index contributed by atoms with van der Waals surface area (Å²) in [6, 6.07) is 9.19. The molecule has 1 N–H and O–H groups in total. The third kappa shape index (κ3) is 2.42. The Morgan fingerprint density at radius 1 is 1.14 bits per heavy atom. The zero-order valence-corrected chi connectivity index (χ0v) is 12.4. The number of nitrogens with one attached hydrogen (secondary N) is 1. The average Bonchev–Trinajstić information content (AvgIpc) is 3.10.